The molecule has 0 saturated carbocycles. The van der Waals surface area contributed by atoms with Crippen LogP contribution in [0.5, 0.6) is 0 Å². The highest BCUT2D eigenvalue weighted by Crippen LogP contribution is 2.12. The molecule has 1 unspecified atom stereocenters. The fraction of sp³-hybridized carbons (Fsp3) is 0.273. The fourth-order valence-corrected chi connectivity index (χ4v) is 1.23. The van der Waals surface area contributed by atoms with Crippen LogP contribution in [0.1, 0.15) is 17.2 Å². The molecule has 0 saturated heterocycles. The molecular formula is C11H13N3O2. The van der Waals surface area contributed by atoms with Crippen molar-refractivity contribution in [2.75, 3.05) is 13.1 Å². The molecule has 5 heteroatoms. The molecule has 1 atom stereocenters. The maximum absolute atomic E-state index is 10.4. The van der Waals surface area contributed by atoms with E-state index >= 15 is 0 Å². The minimum absolute atomic E-state index is 0.0351. The van der Waals surface area contributed by atoms with Crippen LogP contribution >= 0.6 is 0 Å². The van der Waals surface area contributed by atoms with Gasteiger partial charge < -0.3 is 16.2 Å². The lowest BCUT2D eigenvalue weighted by Crippen LogP contribution is -2.31. The van der Waals surface area contributed by atoms with Crippen molar-refractivity contribution in [1.29, 1.82) is 5.26 Å². The van der Waals surface area contributed by atoms with Gasteiger partial charge in [0.05, 0.1) is 24.3 Å². The van der Waals surface area contributed by atoms with Crippen molar-refractivity contribution in [2.24, 2.45) is 5.73 Å². The smallest absolute Gasteiger partial charge is 0.231 e. The molecule has 1 aromatic rings. The van der Waals surface area contributed by atoms with Crippen molar-refractivity contribution in [3.8, 4) is 6.07 Å². The van der Waals surface area contributed by atoms with Crippen LogP contribution in [0, 0.1) is 11.3 Å². The van der Waals surface area contributed by atoms with Crippen molar-refractivity contribution in [1.82, 2.24) is 5.32 Å². The van der Waals surface area contributed by atoms with Crippen LogP contribution in [0.15, 0.2) is 24.3 Å². The molecule has 84 valence electrons. The van der Waals surface area contributed by atoms with Crippen molar-refractivity contribution in [3.63, 3.8) is 0 Å². The fourth-order valence-electron chi connectivity index (χ4n) is 1.23. The maximum atomic E-state index is 10.4. The van der Waals surface area contributed by atoms with Crippen LogP contribution in [0.2, 0.25) is 0 Å². The van der Waals surface area contributed by atoms with E-state index in [1.54, 1.807) is 24.3 Å². The normalized spacial score (nSPS) is 11.8. The molecule has 0 fully saturated rings. The van der Waals surface area contributed by atoms with Gasteiger partial charge in [-0.2, -0.15) is 5.26 Å². The summed E-state index contributed by atoms with van der Waals surface area (Å²) < 4.78 is 0. The summed E-state index contributed by atoms with van der Waals surface area (Å²) in [7, 11) is 0. The first-order valence-corrected chi connectivity index (χ1v) is 4.80. The van der Waals surface area contributed by atoms with Gasteiger partial charge in [0.25, 0.3) is 0 Å². The zero-order chi connectivity index (χ0) is 12.0. The summed E-state index contributed by atoms with van der Waals surface area (Å²) in [6.45, 7) is 0.280. The van der Waals surface area contributed by atoms with Gasteiger partial charge in [0.15, 0.2) is 0 Å². The highest BCUT2D eigenvalue weighted by Gasteiger charge is 2.07. The van der Waals surface area contributed by atoms with Gasteiger partial charge in [-0.3, -0.25) is 4.79 Å². The molecule has 0 radical (unpaired) electrons. The number of rotatable bonds is 5. The largest absolute Gasteiger partial charge is 0.387 e. The van der Waals surface area contributed by atoms with Gasteiger partial charge in [-0.05, 0) is 17.7 Å². The number of amides is 1. The first kappa shape index (κ1) is 12.2. The number of nitrogens with zero attached hydrogens (tertiary/aromatic N) is 1. The summed E-state index contributed by atoms with van der Waals surface area (Å²) in [5, 5.41) is 21.0. The summed E-state index contributed by atoms with van der Waals surface area (Å²) in [5.41, 5.74) is 6.17. The Morgan fingerprint density at radius 1 is 1.50 bits per heavy atom. The van der Waals surface area contributed by atoms with Crippen LogP contribution in [0.3, 0.4) is 0 Å². The van der Waals surface area contributed by atoms with E-state index < -0.39 is 12.0 Å². The summed E-state index contributed by atoms with van der Waals surface area (Å²) in [6, 6.07) is 8.61. The van der Waals surface area contributed by atoms with Crippen molar-refractivity contribution < 1.29 is 9.90 Å². The Hall–Kier alpha value is -1.90. The average molecular weight is 219 g/mol. The van der Waals surface area contributed by atoms with E-state index in [1.807, 2.05) is 6.07 Å². The zero-order valence-corrected chi connectivity index (χ0v) is 8.68. The minimum atomic E-state index is -0.716. The number of aliphatic hydroxyl groups excluding tert-OH is 1. The molecule has 4 N–H and O–H groups in total. The highest BCUT2D eigenvalue weighted by molar-refractivity contribution is 5.75. The first-order chi connectivity index (χ1) is 7.63. The van der Waals surface area contributed by atoms with Gasteiger partial charge >= 0.3 is 0 Å². The molecule has 0 aromatic heterocycles. The van der Waals surface area contributed by atoms with E-state index in [-0.39, 0.29) is 13.1 Å². The lowest BCUT2D eigenvalue weighted by molar-refractivity contribution is -0.117. The molecular weight excluding hydrogens is 206 g/mol. The number of hydrogen-bond acceptors (Lipinski definition) is 4. The Morgan fingerprint density at radius 2 is 2.12 bits per heavy atom. The number of nitriles is 1. The number of nitrogens with two attached hydrogens (primary N) is 1. The molecule has 1 amide bonds. The predicted molar refractivity (Wildman–Crippen MR) is 58.2 cm³/mol. The van der Waals surface area contributed by atoms with E-state index in [1.165, 1.54) is 0 Å². The number of carbonyl (C=O) groups excluding carboxylic acids is 1. The number of aliphatic hydroxyl groups is 1. The highest BCUT2D eigenvalue weighted by atomic mass is 16.3. The molecule has 1 rings (SSSR count). The van der Waals surface area contributed by atoms with Gasteiger partial charge in [-0.25, -0.2) is 0 Å². The summed E-state index contributed by atoms with van der Waals surface area (Å²) >= 11 is 0. The van der Waals surface area contributed by atoms with Crippen molar-refractivity contribution in [3.05, 3.63) is 35.4 Å². The molecule has 0 spiro atoms. The average Bonchev–Trinajstić information content (AvgIpc) is 2.28. The quantitative estimate of drug-likeness (QED) is 0.631. The van der Waals surface area contributed by atoms with E-state index in [2.05, 4.69) is 5.32 Å². The monoisotopic (exact) mass is 219 g/mol. The third-order valence-electron chi connectivity index (χ3n) is 2.06. The number of primary amides is 1. The maximum Gasteiger partial charge on any atom is 0.231 e. The molecule has 1 aromatic carbocycles. The lowest BCUT2D eigenvalue weighted by Gasteiger charge is -2.11. The molecule has 0 aliphatic heterocycles. The topological polar surface area (TPSA) is 99.1 Å². The predicted octanol–water partition coefficient (Wildman–Crippen LogP) is -0.333. The van der Waals surface area contributed by atoms with Crippen LogP contribution in [-0.2, 0) is 4.79 Å². The Morgan fingerprint density at radius 3 is 2.62 bits per heavy atom. The third kappa shape index (κ3) is 3.69. The van der Waals surface area contributed by atoms with E-state index in [4.69, 9.17) is 11.0 Å². The van der Waals surface area contributed by atoms with E-state index in [9.17, 15) is 9.90 Å². The van der Waals surface area contributed by atoms with Gasteiger partial charge in [-0.15, -0.1) is 0 Å². The Bertz CT molecular complexity index is 395. The molecule has 5 nitrogen and oxygen atoms in total. The number of hydrogen-bond donors (Lipinski definition) is 3. The van der Waals surface area contributed by atoms with Gasteiger partial charge in [-0.1, -0.05) is 12.1 Å². The van der Waals surface area contributed by atoms with Crippen molar-refractivity contribution in [2.45, 2.75) is 6.10 Å². The molecule has 0 aliphatic carbocycles. The van der Waals surface area contributed by atoms with Crippen LogP contribution in [0.25, 0.3) is 0 Å². The van der Waals surface area contributed by atoms with Crippen LogP contribution in [0.4, 0.5) is 0 Å². The zero-order valence-electron chi connectivity index (χ0n) is 8.68. The number of carbonyl (C=O) groups is 1. The number of benzene rings is 1. The standard InChI is InChI=1S/C11H13N3O2/c12-5-8-1-3-9(4-2-8)10(15)6-14-7-11(13)16/h1-4,10,14-15H,6-7H2,(H2,13,16). The second-order valence-electron chi connectivity index (χ2n) is 3.35. The van der Waals surface area contributed by atoms with Crippen LogP contribution in [-0.4, -0.2) is 24.1 Å². The summed E-state index contributed by atoms with van der Waals surface area (Å²) in [5.74, 6) is -0.466. The minimum Gasteiger partial charge on any atom is -0.387 e. The third-order valence-corrected chi connectivity index (χ3v) is 2.06. The molecule has 16 heavy (non-hydrogen) atoms. The van der Waals surface area contributed by atoms with Crippen LogP contribution < -0.4 is 11.1 Å². The summed E-state index contributed by atoms with van der Waals surface area (Å²) in [6.07, 6.45) is -0.716. The molecule has 0 heterocycles. The SMILES string of the molecule is N#Cc1ccc(C(O)CNCC(N)=O)cc1. The van der Waals surface area contributed by atoms with Gasteiger partial charge in [0.2, 0.25) is 5.91 Å². The molecule has 0 bridgehead atoms. The Kier molecular flexibility index (Phi) is 4.45. The second kappa shape index (κ2) is 5.85. The second-order valence-corrected chi connectivity index (χ2v) is 3.35. The Balaban J connectivity index is 2.49. The lowest BCUT2D eigenvalue weighted by atomic mass is 10.1. The first-order valence-electron chi connectivity index (χ1n) is 4.80. The van der Waals surface area contributed by atoms with Crippen molar-refractivity contribution >= 4 is 5.91 Å². The van der Waals surface area contributed by atoms with Gasteiger partial charge in [0, 0.05) is 6.54 Å². The van der Waals surface area contributed by atoms with E-state index in [0.717, 1.165) is 0 Å². The Labute approximate surface area is 93.5 Å². The van der Waals surface area contributed by atoms with Gasteiger partial charge in [0.1, 0.15) is 0 Å². The molecule has 0 aliphatic rings. The van der Waals surface area contributed by atoms with E-state index in [0.29, 0.717) is 11.1 Å². The number of nitrogens with one attached hydrogen (secondary N) is 1. The summed E-state index contributed by atoms with van der Waals surface area (Å²) in [4.78, 5) is 10.4.